The van der Waals surface area contributed by atoms with Crippen LogP contribution in [0.15, 0.2) is 229 Å². The Kier molecular flexibility index (Phi) is 8.19. The maximum absolute atomic E-state index is 6.51. The van der Waals surface area contributed by atoms with Crippen LogP contribution >= 0.6 is 0 Å². The Morgan fingerprint density at radius 2 is 0.759 bits per heavy atom. The van der Waals surface area contributed by atoms with Crippen molar-refractivity contribution in [1.82, 2.24) is 0 Å². The largest absolute Gasteiger partial charge is 0.455 e. The van der Waals surface area contributed by atoms with E-state index in [0.29, 0.717) is 0 Å². The highest BCUT2D eigenvalue weighted by atomic mass is 16.3. The zero-order valence-electron chi connectivity index (χ0n) is 31.7. The van der Waals surface area contributed by atoms with Crippen molar-refractivity contribution in [2.75, 3.05) is 4.90 Å². The summed E-state index contributed by atoms with van der Waals surface area (Å²) < 4.78 is 6.51. The third-order valence-corrected chi connectivity index (χ3v) is 11.5. The minimum atomic E-state index is 0.907. The number of benzene rings is 10. The van der Waals surface area contributed by atoms with Gasteiger partial charge in [-0.25, -0.2) is 0 Å². The topological polar surface area (TPSA) is 16.4 Å². The summed E-state index contributed by atoms with van der Waals surface area (Å²) in [6.45, 7) is 0. The number of para-hydroxylation sites is 2. The second-order valence-corrected chi connectivity index (χ2v) is 14.9. The molecular weight excluding hydrogens is 703 g/mol. The highest BCUT2D eigenvalue weighted by Gasteiger charge is 2.20. The van der Waals surface area contributed by atoms with Crippen LogP contribution in [-0.2, 0) is 0 Å². The van der Waals surface area contributed by atoms with Gasteiger partial charge >= 0.3 is 0 Å². The van der Waals surface area contributed by atoms with Crippen LogP contribution in [-0.4, -0.2) is 0 Å². The Balaban J connectivity index is 1.04. The smallest absolute Gasteiger partial charge is 0.143 e. The first-order chi connectivity index (χ1) is 28.8. The molecule has 0 N–H and O–H groups in total. The van der Waals surface area contributed by atoms with Gasteiger partial charge in [0, 0.05) is 33.1 Å². The van der Waals surface area contributed by atoms with E-state index >= 15 is 0 Å². The van der Waals surface area contributed by atoms with E-state index in [1.54, 1.807) is 0 Å². The van der Waals surface area contributed by atoms with Crippen molar-refractivity contribution in [3.8, 4) is 44.5 Å². The summed E-state index contributed by atoms with van der Waals surface area (Å²) in [4.78, 5) is 2.39. The first-order valence-corrected chi connectivity index (χ1v) is 19.8. The summed E-state index contributed by atoms with van der Waals surface area (Å²) in [5.41, 5.74) is 14.6. The van der Waals surface area contributed by atoms with Gasteiger partial charge in [0.05, 0.1) is 5.69 Å². The molecular formula is C56H37NO. The minimum absolute atomic E-state index is 0.907. The molecule has 0 fully saturated rings. The lowest BCUT2D eigenvalue weighted by Crippen LogP contribution is -2.11. The van der Waals surface area contributed by atoms with Gasteiger partial charge in [0.15, 0.2) is 0 Å². The minimum Gasteiger partial charge on any atom is -0.455 e. The van der Waals surface area contributed by atoms with Gasteiger partial charge in [0.1, 0.15) is 11.2 Å². The first-order valence-electron chi connectivity index (χ1n) is 19.8. The van der Waals surface area contributed by atoms with Gasteiger partial charge in [-0.2, -0.15) is 0 Å². The number of rotatable bonds is 7. The first kappa shape index (κ1) is 33.6. The van der Waals surface area contributed by atoms with E-state index in [4.69, 9.17) is 4.42 Å². The predicted molar refractivity (Wildman–Crippen MR) is 245 cm³/mol. The molecule has 0 spiro atoms. The van der Waals surface area contributed by atoms with Gasteiger partial charge in [0.2, 0.25) is 0 Å². The van der Waals surface area contributed by atoms with Gasteiger partial charge < -0.3 is 9.32 Å². The van der Waals surface area contributed by atoms with E-state index in [1.165, 1.54) is 44.2 Å². The molecule has 0 aliphatic heterocycles. The third kappa shape index (κ3) is 5.82. The van der Waals surface area contributed by atoms with E-state index in [1.807, 2.05) is 6.07 Å². The maximum Gasteiger partial charge on any atom is 0.143 e. The highest BCUT2D eigenvalue weighted by Crippen LogP contribution is 2.45. The molecule has 2 nitrogen and oxygen atoms in total. The van der Waals surface area contributed by atoms with Gasteiger partial charge in [-0.3, -0.25) is 0 Å². The second kappa shape index (κ2) is 14.1. The normalized spacial score (nSPS) is 11.4. The fourth-order valence-corrected chi connectivity index (χ4v) is 8.65. The van der Waals surface area contributed by atoms with E-state index < -0.39 is 0 Å². The molecule has 0 aliphatic rings. The molecule has 0 aliphatic carbocycles. The van der Waals surface area contributed by atoms with Crippen LogP contribution in [0.4, 0.5) is 17.1 Å². The summed E-state index contributed by atoms with van der Waals surface area (Å²) in [7, 11) is 0. The third-order valence-electron chi connectivity index (χ3n) is 11.5. The Morgan fingerprint density at radius 1 is 0.276 bits per heavy atom. The standard InChI is InChI=1S/C56H37NO/c1-2-12-38(13-3-1)39-24-26-40(27-25-39)41-28-32-44(33-29-41)57(45-34-30-43(31-35-45)47-19-10-15-42-14-4-5-16-46(42)47)54-22-8-6-17-50(54)48-20-11-21-52-49(48)36-37-53-51-18-7-9-23-55(51)58-56(52)53/h1-37H. The van der Waals surface area contributed by atoms with E-state index in [-0.39, 0.29) is 0 Å². The summed E-state index contributed by atoms with van der Waals surface area (Å²) in [6.07, 6.45) is 0. The number of fused-ring (bicyclic) bond motifs is 6. The average molecular weight is 740 g/mol. The molecule has 11 aromatic rings. The second-order valence-electron chi connectivity index (χ2n) is 14.9. The molecule has 0 amide bonds. The quantitative estimate of drug-likeness (QED) is 0.162. The number of hydrogen-bond acceptors (Lipinski definition) is 2. The Hall–Kier alpha value is -7.68. The maximum atomic E-state index is 6.51. The van der Waals surface area contributed by atoms with Crippen molar-refractivity contribution in [1.29, 1.82) is 0 Å². The summed E-state index contributed by atoms with van der Waals surface area (Å²) in [5.74, 6) is 0. The number of hydrogen-bond donors (Lipinski definition) is 0. The molecule has 0 saturated heterocycles. The van der Waals surface area contributed by atoms with Crippen molar-refractivity contribution < 1.29 is 4.42 Å². The van der Waals surface area contributed by atoms with Crippen LogP contribution in [0.3, 0.4) is 0 Å². The van der Waals surface area contributed by atoms with Gasteiger partial charge in [-0.05, 0) is 97.6 Å². The van der Waals surface area contributed by atoms with Crippen LogP contribution < -0.4 is 4.90 Å². The molecule has 2 heteroatoms. The van der Waals surface area contributed by atoms with Crippen LogP contribution in [0, 0.1) is 0 Å². The summed E-state index contributed by atoms with van der Waals surface area (Å²) in [5, 5.41) is 7.03. The Morgan fingerprint density at radius 3 is 1.52 bits per heavy atom. The molecule has 0 unspecified atom stereocenters. The Bertz CT molecular complexity index is 3250. The molecule has 0 atom stereocenters. The predicted octanol–water partition coefficient (Wildman–Crippen LogP) is 16.0. The molecule has 0 radical (unpaired) electrons. The Labute approximate surface area is 337 Å². The van der Waals surface area contributed by atoms with Crippen molar-refractivity contribution in [3.63, 3.8) is 0 Å². The lowest BCUT2D eigenvalue weighted by atomic mass is 9.94. The summed E-state index contributed by atoms with van der Waals surface area (Å²) in [6, 6.07) is 80.6. The van der Waals surface area contributed by atoms with Crippen molar-refractivity contribution in [2.24, 2.45) is 0 Å². The molecule has 1 heterocycles. The molecule has 58 heavy (non-hydrogen) atoms. The fraction of sp³-hybridized carbons (Fsp3) is 0. The summed E-state index contributed by atoms with van der Waals surface area (Å²) >= 11 is 0. The number of furan rings is 1. The van der Waals surface area contributed by atoms with Gasteiger partial charge in [0.25, 0.3) is 0 Å². The van der Waals surface area contributed by atoms with Crippen molar-refractivity contribution in [2.45, 2.75) is 0 Å². The zero-order valence-corrected chi connectivity index (χ0v) is 31.7. The lowest BCUT2D eigenvalue weighted by molar-refractivity contribution is 0.672. The number of anilines is 3. The van der Waals surface area contributed by atoms with E-state index in [2.05, 4.69) is 223 Å². The highest BCUT2D eigenvalue weighted by molar-refractivity contribution is 6.18. The lowest BCUT2D eigenvalue weighted by Gasteiger charge is -2.28. The monoisotopic (exact) mass is 739 g/mol. The molecule has 272 valence electrons. The average Bonchev–Trinajstić information content (AvgIpc) is 3.69. The van der Waals surface area contributed by atoms with Gasteiger partial charge in [-0.15, -0.1) is 0 Å². The molecule has 10 aromatic carbocycles. The van der Waals surface area contributed by atoms with Crippen molar-refractivity contribution >= 4 is 60.5 Å². The molecule has 11 rings (SSSR count). The van der Waals surface area contributed by atoms with Crippen molar-refractivity contribution in [3.05, 3.63) is 224 Å². The van der Waals surface area contributed by atoms with E-state index in [9.17, 15) is 0 Å². The number of nitrogens with zero attached hydrogens (tertiary/aromatic N) is 1. The van der Waals surface area contributed by atoms with Crippen LogP contribution in [0.1, 0.15) is 0 Å². The zero-order chi connectivity index (χ0) is 38.4. The van der Waals surface area contributed by atoms with Crippen LogP contribution in [0.25, 0.3) is 88.0 Å². The van der Waals surface area contributed by atoms with Gasteiger partial charge in [-0.1, -0.05) is 182 Å². The molecule has 0 bridgehead atoms. The van der Waals surface area contributed by atoms with Crippen LogP contribution in [0.5, 0.6) is 0 Å². The molecule has 0 saturated carbocycles. The SMILES string of the molecule is c1ccc(-c2ccc(-c3ccc(N(c4ccc(-c5cccc6ccccc56)cc4)c4ccccc4-c4cccc5c4ccc4c6ccccc6oc54)cc3)cc2)cc1. The van der Waals surface area contributed by atoms with Crippen LogP contribution in [0.2, 0.25) is 0 Å². The molecule has 1 aromatic heterocycles. The van der Waals surface area contributed by atoms with E-state index in [0.717, 1.165) is 60.9 Å². The fourth-order valence-electron chi connectivity index (χ4n) is 8.65.